The van der Waals surface area contributed by atoms with E-state index in [9.17, 15) is 27.6 Å². The number of likely N-dealkylation sites (tertiary alicyclic amines) is 1. The molecule has 338 valence electrons. The van der Waals surface area contributed by atoms with Gasteiger partial charge in [0.2, 0.25) is 11.8 Å². The van der Waals surface area contributed by atoms with Crippen molar-refractivity contribution in [3.05, 3.63) is 66.0 Å². The van der Waals surface area contributed by atoms with E-state index in [2.05, 4.69) is 69.9 Å². The van der Waals surface area contributed by atoms with Gasteiger partial charge >= 0.3 is 12.3 Å². The van der Waals surface area contributed by atoms with Gasteiger partial charge in [-0.2, -0.15) is 13.2 Å². The summed E-state index contributed by atoms with van der Waals surface area (Å²) in [4.78, 5) is 52.4. The number of fused-ring (bicyclic) bond motifs is 1. The summed E-state index contributed by atoms with van der Waals surface area (Å²) in [6, 6.07) is 10.9. The number of hydrogen-bond donors (Lipinski definition) is 3. The number of halogens is 3. The molecule has 0 spiro atoms. The van der Waals surface area contributed by atoms with Crippen molar-refractivity contribution < 1.29 is 37.0 Å². The van der Waals surface area contributed by atoms with E-state index in [4.69, 9.17) is 9.47 Å². The van der Waals surface area contributed by atoms with E-state index in [0.717, 1.165) is 68.4 Å². The normalized spacial score (nSPS) is 22.2. The predicted molar refractivity (Wildman–Crippen MR) is 234 cm³/mol. The van der Waals surface area contributed by atoms with Crippen LogP contribution in [0.25, 0.3) is 16.5 Å². The third kappa shape index (κ3) is 12.4. The highest BCUT2D eigenvalue weighted by atomic mass is 19.4. The van der Waals surface area contributed by atoms with Gasteiger partial charge in [0.25, 0.3) is 0 Å². The summed E-state index contributed by atoms with van der Waals surface area (Å²) in [7, 11) is 2.11. The van der Waals surface area contributed by atoms with Gasteiger partial charge in [0.15, 0.2) is 0 Å². The third-order valence-corrected chi connectivity index (χ3v) is 12.4. The summed E-state index contributed by atoms with van der Waals surface area (Å²) >= 11 is 0. The molecule has 62 heavy (non-hydrogen) atoms. The first-order valence-electron chi connectivity index (χ1n) is 22.3. The molecule has 15 heteroatoms. The molecule has 2 heterocycles. The zero-order chi connectivity index (χ0) is 44.6. The number of ether oxygens (including phenoxy) is 2. The topological polar surface area (TPSA) is 138 Å². The van der Waals surface area contributed by atoms with E-state index in [1.54, 1.807) is 0 Å². The second-order valence-corrected chi connectivity index (χ2v) is 18.3. The van der Waals surface area contributed by atoms with Crippen molar-refractivity contribution in [2.75, 3.05) is 32.1 Å². The van der Waals surface area contributed by atoms with Gasteiger partial charge in [0.05, 0.1) is 29.8 Å². The average Bonchev–Trinajstić information content (AvgIpc) is 3.59. The van der Waals surface area contributed by atoms with Crippen LogP contribution in [0.4, 0.5) is 23.8 Å². The summed E-state index contributed by atoms with van der Waals surface area (Å²) in [5, 5.41) is 9.55. The Morgan fingerprint density at radius 2 is 1.73 bits per heavy atom. The summed E-state index contributed by atoms with van der Waals surface area (Å²) in [5.41, 5.74) is 1.37. The van der Waals surface area contributed by atoms with E-state index >= 15 is 0 Å². The van der Waals surface area contributed by atoms with Crippen LogP contribution in [0, 0.1) is 5.92 Å². The molecule has 1 aliphatic heterocycles. The smallest absolute Gasteiger partial charge is 0.416 e. The maximum Gasteiger partial charge on any atom is 0.416 e. The van der Waals surface area contributed by atoms with Crippen LogP contribution in [-0.4, -0.2) is 100 Å². The number of allylic oxidation sites excluding steroid dienone is 2. The lowest BCUT2D eigenvalue weighted by molar-refractivity contribution is -0.137. The maximum atomic E-state index is 14.1. The average molecular weight is 864 g/mol. The van der Waals surface area contributed by atoms with Crippen LogP contribution in [-0.2, 0) is 20.5 Å². The Morgan fingerprint density at radius 3 is 2.42 bits per heavy atom. The van der Waals surface area contributed by atoms with Crippen LogP contribution in [0.3, 0.4) is 0 Å². The number of nitrogens with one attached hydrogen (secondary N) is 3. The molecule has 3 amide bonds. The molecule has 3 aliphatic rings. The Bertz CT molecular complexity index is 2040. The van der Waals surface area contributed by atoms with Crippen LogP contribution in [0.15, 0.2) is 54.9 Å². The van der Waals surface area contributed by atoms with Crippen molar-refractivity contribution in [1.82, 2.24) is 30.4 Å². The SMILES string of the molecule is CC(C)N(C)[C@@H]1CC[C@H](N2CC[C@H](Nc3ncnc4ccc(C(F)(F)F)cc34)C2=O)[C@H](NC(=O)C2CC=C(c3ccc(OCCCCCCNC(=O)OC(C)(C)C)cc3)CC2)C1. The Labute approximate surface area is 363 Å². The fourth-order valence-corrected chi connectivity index (χ4v) is 8.81. The number of amides is 3. The molecule has 2 fully saturated rings. The summed E-state index contributed by atoms with van der Waals surface area (Å²) < 4.78 is 52.0. The van der Waals surface area contributed by atoms with E-state index in [-0.39, 0.29) is 53.2 Å². The number of carbonyl (C=O) groups is 3. The zero-order valence-electron chi connectivity index (χ0n) is 37.0. The van der Waals surface area contributed by atoms with Crippen LogP contribution < -0.4 is 20.7 Å². The monoisotopic (exact) mass is 863 g/mol. The minimum atomic E-state index is -4.53. The number of hydrogen-bond acceptors (Lipinski definition) is 9. The van der Waals surface area contributed by atoms with Gasteiger partial charge in [-0.3, -0.25) is 9.59 Å². The van der Waals surface area contributed by atoms with Crippen molar-refractivity contribution in [3.63, 3.8) is 0 Å². The lowest BCUT2D eigenvalue weighted by Crippen LogP contribution is -2.59. The van der Waals surface area contributed by atoms with Crippen molar-refractivity contribution in [1.29, 1.82) is 0 Å². The summed E-state index contributed by atoms with van der Waals surface area (Å²) in [6.45, 7) is 11.5. The van der Waals surface area contributed by atoms with Crippen molar-refractivity contribution >= 4 is 40.2 Å². The lowest BCUT2D eigenvalue weighted by Gasteiger charge is -2.45. The molecule has 1 unspecified atom stereocenters. The van der Waals surface area contributed by atoms with Gasteiger partial charge in [0.1, 0.15) is 29.5 Å². The molecule has 0 radical (unpaired) electrons. The number of aromatic nitrogens is 2. The highest BCUT2D eigenvalue weighted by Crippen LogP contribution is 2.36. The number of nitrogens with zero attached hydrogens (tertiary/aromatic N) is 4. The molecule has 2 aromatic carbocycles. The van der Waals surface area contributed by atoms with Crippen LogP contribution in [0.1, 0.15) is 116 Å². The fourth-order valence-electron chi connectivity index (χ4n) is 8.81. The Hall–Kier alpha value is -4.92. The van der Waals surface area contributed by atoms with Gasteiger partial charge < -0.3 is 35.2 Å². The quantitative estimate of drug-likeness (QED) is 0.121. The van der Waals surface area contributed by atoms with Gasteiger partial charge in [-0.1, -0.05) is 31.1 Å². The number of alkyl carbamates (subject to hydrolysis) is 1. The number of alkyl halides is 3. The molecule has 5 atom stereocenters. The highest BCUT2D eigenvalue weighted by Gasteiger charge is 2.44. The largest absolute Gasteiger partial charge is 0.494 e. The number of benzene rings is 2. The van der Waals surface area contributed by atoms with Crippen molar-refractivity contribution in [2.45, 2.75) is 147 Å². The maximum absolute atomic E-state index is 14.1. The first-order chi connectivity index (χ1) is 29.5. The van der Waals surface area contributed by atoms with Crippen LogP contribution >= 0.6 is 0 Å². The minimum absolute atomic E-state index is 0.000414. The molecule has 2 aliphatic carbocycles. The first kappa shape index (κ1) is 46.6. The van der Waals surface area contributed by atoms with Crippen molar-refractivity contribution in [3.8, 4) is 5.75 Å². The molecular formula is C47H64F3N7O5. The van der Waals surface area contributed by atoms with Gasteiger partial charge in [-0.15, -0.1) is 0 Å². The minimum Gasteiger partial charge on any atom is -0.494 e. The van der Waals surface area contributed by atoms with Gasteiger partial charge in [-0.05, 0) is 141 Å². The molecule has 1 aromatic heterocycles. The van der Waals surface area contributed by atoms with E-state index in [1.807, 2.05) is 37.8 Å². The number of rotatable bonds is 16. The van der Waals surface area contributed by atoms with E-state index in [0.29, 0.717) is 56.9 Å². The number of unbranched alkanes of at least 4 members (excludes halogenated alkanes) is 3. The lowest BCUT2D eigenvalue weighted by atomic mass is 9.83. The molecule has 1 saturated heterocycles. The van der Waals surface area contributed by atoms with Gasteiger partial charge in [0, 0.05) is 36.5 Å². The standard InChI is InChI=1S/C47H64F3N7O5/c1-30(2)56(6)35-18-22-41(57-25-23-39(44(57)59)54-42-37-27-34(47(48,49)50)17-21-38(37)52-29-53-42)40(28-35)55-43(58)33-13-11-31(12-14-33)32-15-19-36(20-16-32)61-26-10-8-7-9-24-51-45(60)62-46(3,4)5/h11,15-17,19-21,27,29-30,33,35,39-41H,7-10,12-14,18,22-26,28H2,1-6H3,(H,51,60)(H,55,58)(H,52,53,54)/t33?,35-,39+,40-,41+/m1/s1. The molecule has 1 saturated carbocycles. The second kappa shape index (κ2) is 20.5. The summed E-state index contributed by atoms with van der Waals surface area (Å²) in [5.74, 6) is 0.674. The first-order valence-corrected chi connectivity index (χ1v) is 22.3. The second-order valence-electron chi connectivity index (χ2n) is 18.3. The number of carbonyl (C=O) groups excluding carboxylic acids is 3. The molecule has 6 rings (SSSR count). The van der Waals surface area contributed by atoms with Gasteiger partial charge in [-0.25, -0.2) is 14.8 Å². The molecule has 12 nitrogen and oxygen atoms in total. The highest BCUT2D eigenvalue weighted by molar-refractivity contribution is 5.93. The predicted octanol–water partition coefficient (Wildman–Crippen LogP) is 8.76. The zero-order valence-corrected chi connectivity index (χ0v) is 37.0. The molecular weight excluding hydrogens is 800 g/mol. The molecule has 0 bridgehead atoms. The Morgan fingerprint density at radius 1 is 0.968 bits per heavy atom. The molecule has 3 aromatic rings. The van der Waals surface area contributed by atoms with Crippen LogP contribution in [0.5, 0.6) is 5.75 Å². The summed E-state index contributed by atoms with van der Waals surface area (Å²) in [6.07, 6.45) is 7.21. The van der Waals surface area contributed by atoms with Crippen LogP contribution in [0.2, 0.25) is 0 Å². The number of anilines is 1. The van der Waals surface area contributed by atoms with E-state index in [1.165, 1.54) is 18.0 Å². The molecule has 3 N–H and O–H groups in total. The third-order valence-electron chi connectivity index (χ3n) is 12.4. The Kier molecular flexibility index (Phi) is 15.4. The Balaban J connectivity index is 1.01. The van der Waals surface area contributed by atoms with E-state index < -0.39 is 23.4 Å². The van der Waals surface area contributed by atoms with Crippen molar-refractivity contribution in [2.24, 2.45) is 5.92 Å². The fraction of sp³-hybridized carbons (Fsp3) is 0.596.